The molecule has 1 saturated carbocycles. The van der Waals surface area contributed by atoms with Crippen LogP contribution in [0.1, 0.15) is 104 Å². The van der Waals surface area contributed by atoms with E-state index >= 15 is 0 Å². The van der Waals surface area contributed by atoms with E-state index in [0.29, 0.717) is 16.5 Å². The number of carbonyl (C=O) groups excluding carboxylic acids is 1. The van der Waals surface area contributed by atoms with Gasteiger partial charge in [-0.15, -0.1) is 0 Å². The number of aromatic nitrogens is 1. The Kier molecular flexibility index (Phi) is 12.6. The van der Waals surface area contributed by atoms with Gasteiger partial charge >= 0.3 is 5.97 Å². The molecular weight excluding hydrogens is 470 g/mol. The summed E-state index contributed by atoms with van der Waals surface area (Å²) in [5.41, 5.74) is 1.58. The number of rotatable bonds is 15. The third-order valence-electron chi connectivity index (χ3n) is 7.32. The van der Waals surface area contributed by atoms with Crippen molar-refractivity contribution in [2.24, 2.45) is 11.8 Å². The first-order chi connectivity index (χ1) is 17.6. The summed E-state index contributed by atoms with van der Waals surface area (Å²) in [6.45, 7) is 5.22. The summed E-state index contributed by atoms with van der Waals surface area (Å²) in [7, 11) is 0. The fraction of sp³-hybridized carbons (Fsp3) is 0.613. The van der Waals surface area contributed by atoms with Crippen molar-refractivity contribution in [1.82, 2.24) is 4.98 Å². The molecule has 198 valence electrons. The Bertz CT molecular complexity index is 907. The average Bonchev–Trinajstić information content (AvgIpc) is 2.89. The maximum absolute atomic E-state index is 12.7. The summed E-state index contributed by atoms with van der Waals surface area (Å²) in [5.74, 6) is 1.87. The van der Waals surface area contributed by atoms with Gasteiger partial charge in [0.25, 0.3) is 0 Å². The Morgan fingerprint density at radius 2 is 1.56 bits per heavy atom. The van der Waals surface area contributed by atoms with Gasteiger partial charge in [0.15, 0.2) is 5.75 Å². The van der Waals surface area contributed by atoms with Crippen LogP contribution in [0, 0.1) is 11.8 Å². The van der Waals surface area contributed by atoms with Crippen LogP contribution in [0.5, 0.6) is 11.5 Å². The molecule has 0 amide bonds. The molecule has 0 radical (unpaired) electrons. The maximum Gasteiger partial charge on any atom is 0.314 e. The van der Waals surface area contributed by atoms with Crippen LogP contribution in [0.15, 0.2) is 36.5 Å². The van der Waals surface area contributed by atoms with E-state index in [4.69, 9.17) is 21.1 Å². The summed E-state index contributed by atoms with van der Waals surface area (Å²) in [5, 5.41) is 0.473. The van der Waals surface area contributed by atoms with E-state index < -0.39 is 0 Å². The van der Waals surface area contributed by atoms with Crippen LogP contribution in [0.2, 0.25) is 5.02 Å². The largest absolute Gasteiger partial charge is 0.494 e. The molecule has 1 aliphatic carbocycles. The normalized spacial score (nSPS) is 17.6. The highest BCUT2D eigenvalue weighted by atomic mass is 35.5. The molecule has 0 bridgehead atoms. The molecule has 1 aliphatic rings. The minimum absolute atomic E-state index is 0.0187. The van der Waals surface area contributed by atoms with E-state index in [1.165, 1.54) is 57.8 Å². The van der Waals surface area contributed by atoms with Crippen LogP contribution < -0.4 is 9.47 Å². The lowest BCUT2D eigenvalue weighted by atomic mass is 9.80. The molecule has 1 heterocycles. The first-order valence-corrected chi connectivity index (χ1v) is 14.6. The number of benzene rings is 1. The number of unbranched alkanes of at least 4 members (excludes halogenated alkanes) is 7. The molecule has 1 fully saturated rings. The third kappa shape index (κ3) is 9.42. The monoisotopic (exact) mass is 513 g/mol. The Morgan fingerprint density at radius 1 is 0.889 bits per heavy atom. The van der Waals surface area contributed by atoms with E-state index in [1.54, 1.807) is 12.3 Å². The SMILES string of the molecule is CCCCCCCCOc1ccc(-c2ncc(OC(=O)[C@H]3CC[C@H](CCCCC)CC3)cc2Cl)cc1. The van der Waals surface area contributed by atoms with Gasteiger partial charge in [-0.1, -0.05) is 83.2 Å². The Balaban J connectivity index is 1.44. The number of ether oxygens (including phenoxy) is 2. The van der Waals surface area contributed by atoms with Gasteiger partial charge in [-0.3, -0.25) is 9.78 Å². The first kappa shape index (κ1) is 28.5. The second kappa shape index (κ2) is 15.9. The number of hydrogen-bond donors (Lipinski definition) is 0. The lowest BCUT2D eigenvalue weighted by molar-refractivity contribution is -0.140. The van der Waals surface area contributed by atoms with Crippen molar-refractivity contribution in [3.63, 3.8) is 0 Å². The second-order valence-electron chi connectivity index (χ2n) is 10.3. The molecule has 1 aromatic heterocycles. The van der Waals surface area contributed by atoms with Gasteiger partial charge < -0.3 is 9.47 Å². The van der Waals surface area contributed by atoms with Gasteiger partial charge in [-0.25, -0.2) is 0 Å². The molecule has 4 nitrogen and oxygen atoms in total. The molecule has 0 spiro atoms. The standard InChI is InChI=1S/C31H44ClNO3/c1-3-5-7-8-9-11-21-35-27-19-17-25(18-20-27)30-29(32)22-28(23-33-30)36-31(34)26-15-13-24(14-16-26)12-10-6-4-2/h17-20,22-24,26H,3-16,21H2,1-2H3/t24-,26-. The van der Waals surface area contributed by atoms with Gasteiger partial charge in [0.05, 0.1) is 29.4 Å². The van der Waals surface area contributed by atoms with E-state index in [1.807, 2.05) is 24.3 Å². The highest BCUT2D eigenvalue weighted by Gasteiger charge is 2.27. The maximum atomic E-state index is 12.7. The van der Waals surface area contributed by atoms with Crippen LogP contribution in [0.3, 0.4) is 0 Å². The number of pyridine rings is 1. The zero-order chi connectivity index (χ0) is 25.6. The zero-order valence-corrected chi connectivity index (χ0v) is 23.0. The lowest BCUT2D eigenvalue weighted by Crippen LogP contribution is -2.25. The van der Waals surface area contributed by atoms with Crippen molar-refractivity contribution >= 4 is 17.6 Å². The predicted octanol–water partition coefficient (Wildman–Crippen LogP) is 9.43. The molecule has 36 heavy (non-hydrogen) atoms. The van der Waals surface area contributed by atoms with Crippen LogP contribution >= 0.6 is 11.6 Å². The van der Waals surface area contributed by atoms with Crippen molar-refractivity contribution in [3.8, 4) is 22.8 Å². The second-order valence-corrected chi connectivity index (χ2v) is 10.7. The van der Waals surface area contributed by atoms with Crippen LogP contribution in [0.4, 0.5) is 0 Å². The van der Waals surface area contributed by atoms with Crippen molar-refractivity contribution < 1.29 is 14.3 Å². The minimum atomic E-state index is -0.153. The van der Waals surface area contributed by atoms with Gasteiger partial charge in [0, 0.05) is 11.6 Å². The average molecular weight is 514 g/mol. The van der Waals surface area contributed by atoms with Crippen molar-refractivity contribution in [1.29, 1.82) is 0 Å². The molecule has 0 N–H and O–H groups in total. The molecule has 1 aromatic carbocycles. The van der Waals surface area contributed by atoms with Gasteiger partial charge in [0.1, 0.15) is 5.75 Å². The predicted molar refractivity (Wildman–Crippen MR) is 149 cm³/mol. The molecule has 2 aromatic rings. The summed E-state index contributed by atoms with van der Waals surface area (Å²) < 4.78 is 11.5. The lowest BCUT2D eigenvalue weighted by Gasteiger charge is -2.27. The summed E-state index contributed by atoms with van der Waals surface area (Å²) in [6.07, 6.45) is 18.3. The highest BCUT2D eigenvalue weighted by molar-refractivity contribution is 6.33. The Hall–Kier alpha value is -2.07. The topological polar surface area (TPSA) is 48.4 Å². The molecule has 3 rings (SSSR count). The molecular formula is C31H44ClNO3. The van der Waals surface area contributed by atoms with Gasteiger partial charge in [-0.05, 0) is 62.3 Å². The summed E-state index contributed by atoms with van der Waals surface area (Å²) in [4.78, 5) is 17.2. The Morgan fingerprint density at radius 3 is 2.25 bits per heavy atom. The zero-order valence-electron chi connectivity index (χ0n) is 22.3. The fourth-order valence-corrected chi connectivity index (χ4v) is 5.30. The number of esters is 1. The molecule has 0 unspecified atom stereocenters. The van der Waals surface area contributed by atoms with E-state index in [9.17, 15) is 4.79 Å². The van der Waals surface area contributed by atoms with Crippen LogP contribution in [-0.4, -0.2) is 17.6 Å². The number of hydrogen-bond acceptors (Lipinski definition) is 4. The van der Waals surface area contributed by atoms with Crippen molar-refractivity contribution in [2.45, 2.75) is 104 Å². The summed E-state index contributed by atoms with van der Waals surface area (Å²) >= 11 is 6.52. The van der Waals surface area contributed by atoms with Crippen LogP contribution in [0.25, 0.3) is 11.3 Å². The van der Waals surface area contributed by atoms with Crippen molar-refractivity contribution in [3.05, 3.63) is 41.6 Å². The molecule has 0 saturated heterocycles. The number of carbonyl (C=O) groups is 1. The van der Waals surface area contributed by atoms with Crippen molar-refractivity contribution in [2.75, 3.05) is 6.61 Å². The van der Waals surface area contributed by atoms with Crippen LogP contribution in [-0.2, 0) is 4.79 Å². The minimum Gasteiger partial charge on any atom is -0.494 e. The number of nitrogens with zero attached hydrogens (tertiary/aromatic N) is 1. The van der Waals surface area contributed by atoms with E-state index in [2.05, 4.69) is 18.8 Å². The van der Waals surface area contributed by atoms with Gasteiger partial charge in [0.2, 0.25) is 0 Å². The fourth-order valence-electron chi connectivity index (χ4n) is 5.04. The van der Waals surface area contributed by atoms with Gasteiger partial charge in [-0.2, -0.15) is 0 Å². The molecule has 0 atom stereocenters. The highest BCUT2D eigenvalue weighted by Crippen LogP contribution is 2.34. The molecule has 5 heteroatoms. The summed E-state index contributed by atoms with van der Waals surface area (Å²) in [6, 6.07) is 9.54. The third-order valence-corrected chi connectivity index (χ3v) is 7.61. The molecule has 0 aliphatic heterocycles. The quantitative estimate of drug-likeness (QED) is 0.176. The Labute approximate surface area is 223 Å². The van der Waals surface area contributed by atoms with E-state index in [0.717, 1.165) is 55.9 Å². The smallest absolute Gasteiger partial charge is 0.314 e. The number of halogens is 1. The first-order valence-electron chi connectivity index (χ1n) is 14.2. The van der Waals surface area contributed by atoms with E-state index in [-0.39, 0.29) is 11.9 Å².